The van der Waals surface area contributed by atoms with E-state index in [1.54, 1.807) is 0 Å². The Bertz CT molecular complexity index is 179. The summed E-state index contributed by atoms with van der Waals surface area (Å²) in [6, 6.07) is 0. The first-order valence-electron chi connectivity index (χ1n) is 4.51. The third kappa shape index (κ3) is 10.9. The summed E-state index contributed by atoms with van der Waals surface area (Å²) < 4.78 is 4.67. The van der Waals surface area contributed by atoms with E-state index < -0.39 is 0 Å². The molecule has 0 spiro atoms. The monoisotopic (exact) mass is 184 g/mol. The number of esters is 1. The number of carbonyl (C=O) groups excluding carboxylic acids is 2. The fourth-order valence-electron chi connectivity index (χ4n) is 0.427. The summed E-state index contributed by atoms with van der Waals surface area (Å²) in [5.41, 5.74) is 0. The second-order valence-corrected chi connectivity index (χ2v) is 2.76. The zero-order valence-corrected chi connectivity index (χ0v) is 8.04. The molecule has 0 aromatic rings. The first-order chi connectivity index (χ1) is 6.20. The van der Waals surface area contributed by atoms with Crippen molar-refractivity contribution in [3.05, 3.63) is 12.7 Å². The van der Waals surface area contributed by atoms with Crippen molar-refractivity contribution < 1.29 is 14.3 Å². The van der Waals surface area contributed by atoms with E-state index >= 15 is 0 Å². The van der Waals surface area contributed by atoms with Crippen LogP contribution in [0.1, 0.15) is 32.6 Å². The number of hydrogen-bond acceptors (Lipinski definition) is 3. The van der Waals surface area contributed by atoms with Crippen LogP contribution in [0.2, 0.25) is 0 Å². The molecular formula is C10H16O3. The molecular weight excluding hydrogens is 168 g/mol. The summed E-state index contributed by atoms with van der Waals surface area (Å²) in [5.74, 6) is 0.0865. The van der Waals surface area contributed by atoms with Crippen molar-refractivity contribution >= 4 is 11.8 Å². The van der Waals surface area contributed by atoms with Gasteiger partial charge in [0.25, 0.3) is 0 Å². The van der Waals surface area contributed by atoms with Crippen molar-refractivity contribution in [2.75, 3.05) is 6.61 Å². The number of Topliss-reactive ketones (excluding diaryl/α,β-unsaturated/α-hetero) is 1. The lowest BCUT2D eigenvalue weighted by molar-refractivity contribution is -0.137. The molecule has 0 radical (unpaired) electrons. The van der Waals surface area contributed by atoms with Crippen LogP contribution in [0.5, 0.6) is 0 Å². The van der Waals surface area contributed by atoms with E-state index in [-0.39, 0.29) is 5.97 Å². The SMILES string of the molecule is C=CC(=O)OCCCC.O=C1CC1. The first kappa shape index (κ1) is 11.9. The summed E-state index contributed by atoms with van der Waals surface area (Å²) >= 11 is 0. The van der Waals surface area contributed by atoms with E-state index in [1.807, 2.05) is 6.92 Å². The van der Waals surface area contributed by atoms with Crippen LogP contribution in [-0.2, 0) is 14.3 Å². The highest BCUT2D eigenvalue weighted by Crippen LogP contribution is 2.08. The summed E-state index contributed by atoms with van der Waals surface area (Å²) in [4.78, 5) is 19.9. The molecule has 0 aliphatic heterocycles. The second-order valence-electron chi connectivity index (χ2n) is 2.76. The third-order valence-corrected chi connectivity index (χ3v) is 1.36. The number of rotatable bonds is 4. The van der Waals surface area contributed by atoms with Gasteiger partial charge in [0.15, 0.2) is 0 Å². The van der Waals surface area contributed by atoms with Crippen LogP contribution in [0.4, 0.5) is 0 Å². The Morgan fingerprint density at radius 1 is 1.62 bits per heavy atom. The molecule has 0 amide bonds. The smallest absolute Gasteiger partial charge is 0.330 e. The predicted molar refractivity (Wildman–Crippen MR) is 50.3 cm³/mol. The maximum Gasteiger partial charge on any atom is 0.330 e. The molecule has 1 aliphatic rings. The van der Waals surface area contributed by atoms with Crippen molar-refractivity contribution in [3.8, 4) is 0 Å². The molecule has 0 aromatic carbocycles. The van der Waals surface area contributed by atoms with Crippen molar-refractivity contribution in [2.24, 2.45) is 0 Å². The van der Waals surface area contributed by atoms with E-state index in [1.165, 1.54) is 6.08 Å². The minimum absolute atomic E-state index is 0.330. The highest BCUT2D eigenvalue weighted by Gasteiger charge is 2.13. The molecule has 74 valence electrons. The van der Waals surface area contributed by atoms with Gasteiger partial charge in [0.2, 0.25) is 0 Å². The van der Waals surface area contributed by atoms with Crippen LogP contribution < -0.4 is 0 Å². The third-order valence-electron chi connectivity index (χ3n) is 1.36. The van der Waals surface area contributed by atoms with Crippen molar-refractivity contribution in [1.29, 1.82) is 0 Å². The molecule has 1 rings (SSSR count). The van der Waals surface area contributed by atoms with Gasteiger partial charge in [-0.15, -0.1) is 0 Å². The van der Waals surface area contributed by atoms with Gasteiger partial charge in [-0.1, -0.05) is 19.9 Å². The maximum absolute atomic E-state index is 10.3. The van der Waals surface area contributed by atoms with E-state index in [4.69, 9.17) is 0 Å². The fourth-order valence-corrected chi connectivity index (χ4v) is 0.427. The molecule has 0 bridgehead atoms. The normalized spacial score (nSPS) is 12.5. The van der Waals surface area contributed by atoms with Crippen LogP contribution in [0.15, 0.2) is 12.7 Å². The Morgan fingerprint density at radius 3 is 2.46 bits per heavy atom. The van der Waals surface area contributed by atoms with Gasteiger partial charge < -0.3 is 4.74 Å². The molecule has 3 nitrogen and oxygen atoms in total. The lowest BCUT2D eigenvalue weighted by Gasteiger charge is -1.97. The molecule has 13 heavy (non-hydrogen) atoms. The maximum atomic E-state index is 10.3. The van der Waals surface area contributed by atoms with Crippen LogP contribution in [0.25, 0.3) is 0 Å². The van der Waals surface area contributed by atoms with Crippen molar-refractivity contribution in [3.63, 3.8) is 0 Å². The summed E-state index contributed by atoms with van der Waals surface area (Å²) in [6.07, 6.45) is 4.85. The van der Waals surface area contributed by atoms with Gasteiger partial charge in [-0.2, -0.15) is 0 Å². The molecule has 0 heterocycles. The van der Waals surface area contributed by atoms with E-state index in [0.29, 0.717) is 12.4 Å². The van der Waals surface area contributed by atoms with E-state index in [2.05, 4.69) is 11.3 Å². The average Bonchev–Trinajstić information content (AvgIpc) is 2.89. The molecule has 0 atom stereocenters. The molecule has 1 fully saturated rings. The molecule has 0 N–H and O–H groups in total. The number of ketones is 1. The van der Waals surface area contributed by atoms with Crippen molar-refractivity contribution in [1.82, 2.24) is 0 Å². The van der Waals surface area contributed by atoms with Crippen LogP contribution in [0, 0.1) is 0 Å². The number of hydrogen-bond donors (Lipinski definition) is 0. The molecule has 1 saturated carbocycles. The van der Waals surface area contributed by atoms with Crippen molar-refractivity contribution in [2.45, 2.75) is 32.6 Å². The number of unbranched alkanes of at least 4 members (excludes halogenated alkanes) is 1. The minimum Gasteiger partial charge on any atom is -0.463 e. The highest BCUT2D eigenvalue weighted by atomic mass is 16.5. The molecule has 1 aliphatic carbocycles. The molecule has 0 aromatic heterocycles. The van der Waals surface area contributed by atoms with Crippen LogP contribution in [-0.4, -0.2) is 18.4 Å². The first-order valence-corrected chi connectivity index (χ1v) is 4.51. The van der Waals surface area contributed by atoms with Gasteiger partial charge >= 0.3 is 5.97 Å². The standard InChI is InChI=1S/C7H12O2.C3H4O/c1-3-5-6-9-7(8)4-2;4-3-1-2-3/h4H,2-3,5-6H2,1H3;1-2H2. The van der Waals surface area contributed by atoms with Gasteiger partial charge in [0.05, 0.1) is 6.61 Å². The fraction of sp³-hybridized carbons (Fsp3) is 0.600. The zero-order chi connectivity index (χ0) is 10.1. The highest BCUT2D eigenvalue weighted by molar-refractivity contribution is 5.92. The largest absolute Gasteiger partial charge is 0.463 e. The number of carbonyl (C=O) groups is 2. The lowest BCUT2D eigenvalue weighted by Crippen LogP contribution is -2.00. The summed E-state index contributed by atoms with van der Waals surface area (Å²) in [7, 11) is 0. The minimum atomic E-state index is -0.330. The van der Waals surface area contributed by atoms with Crippen LogP contribution in [0.3, 0.4) is 0 Å². The predicted octanol–water partition coefficient (Wildman–Crippen LogP) is 1.86. The van der Waals surface area contributed by atoms with Gasteiger partial charge in [-0.05, 0) is 6.42 Å². The Morgan fingerprint density at radius 2 is 2.15 bits per heavy atom. The number of ether oxygens (including phenoxy) is 1. The molecule has 0 saturated heterocycles. The Hall–Kier alpha value is -1.12. The Kier molecular flexibility index (Phi) is 6.88. The second kappa shape index (κ2) is 7.53. The summed E-state index contributed by atoms with van der Waals surface area (Å²) in [6.45, 7) is 5.82. The average molecular weight is 184 g/mol. The zero-order valence-electron chi connectivity index (χ0n) is 8.04. The Labute approximate surface area is 78.8 Å². The van der Waals surface area contributed by atoms with Gasteiger partial charge in [-0.3, -0.25) is 4.79 Å². The quantitative estimate of drug-likeness (QED) is 0.380. The molecule has 0 unspecified atom stereocenters. The lowest BCUT2D eigenvalue weighted by atomic mass is 10.4. The van der Waals surface area contributed by atoms with Gasteiger partial charge in [0, 0.05) is 18.9 Å². The summed E-state index contributed by atoms with van der Waals surface area (Å²) in [5, 5.41) is 0. The van der Waals surface area contributed by atoms with Gasteiger partial charge in [0.1, 0.15) is 5.78 Å². The van der Waals surface area contributed by atoms with Crippen LogP contribution >= 0.6 is 0 Å². The Balaban J connectivity index is 0.000000293. The van der Waals surface area contributed by atoms with E-state index in [0.717, 1.165) is 25.7 Å². The topological polar surface area (TPSA) is 43.4 Å². The van der Waals surface area contributed by atoms with Gasteiger partial charge in [-0.25, -0.2) is 4.79 Å². The van der Waals surface area contributed by atoms with E-state index in [9.17, 15) is 9.59 Å². The molecule has 3 heteroatoms.